The molecule has 0 saturated carbocycles. The SMILES string of the molecule is COC(=O)CN(C)Cc1cc(C#Cc2cc(OCC(=O)O)cc(OCC(=O)O)c2)cc(CN(CCc2ccc(N=C=S)cc2)Cc2cc(C#Cc3cc(OCC(=O)O)cc(OCC(=O)O)c3)cc(CN(CC(=O)O)CC(=O)OC)n2)n1. The number of rotatable bonds is 30. The van der Waals surface area contributed by atoms with E-state index in [2.05, 4.69) is 33.8 Å². The van der Waals surface area contributed by atoms with Crippen molar-refractivity contribution in [2.24, 2.45) is 4.99 Å². The third-order valence-electron chi connectivity index (χ3n) is 10.8. The van der Waals surface area contributed by atoms with Gasteiger partial charge in [-0.15, -0.1) is 0 Å². The summed E-state index contributed by atoms with van der Waals surface area (Å²) >= 11 is 4.78. The number of hydrogen-bond acceptors (Lipinski definition) is 20. The van der Waals surface area contributed by atoms with Crippen molar-refractivity contribution in [2.45, 2.75) is 32.6 Å². The van der Waals surface area contributed by atoms with Crippen LogP contribution in [0.4, 0.5) is 5.69 Å². The van der Waals surface area contributed by atoms with Crippen LogP contribution in [0.1, 0.15) is 50.6 Å². The van der Waals surface area contributed by atoms with E-state index in [0.29, 0.717) is 52.6 Å². The summed E-state index contributed by atoms with van der Waals surface area (Å²) < 4.78 is 31.2. The lowest BCUT2D eigenvalue weighted by Gasteiger charge is -2.24. The standard InChI is InChI=1S/C56H54N6O18S/c1-60(29-55(73)75-2)24-42-14-37(4-6-39-18-46(77-31-51(65)66)22-47(19-39)78-32-52(67)68)15-43(58-42)25-61(13-12-36-8-10-41(11-9-36)57-35-81)26-44-16-38(17-45(59-44)27-62(28-50(63)64)30-56(74)76-3)5-7-40-20-48(79-33-53(69)70)23-49(21-40)80-34-54(71)72/h8-11,14-23H,12-13,24-34H2,1-3H3,(H,63,64)(H,65,66)(H,67,68)(H,69,70)(H,71,72). The number of pyridine rings is 2. The zero-order valence-electron chi connectivity index (χ0n) is 43.9. The summed E-state index contributed by atoms with van der Waals surface area (Å²) in [5.41, 5.74) is 4.61. The van der Waals surface area contributed by atoms with Crippen LogP contribution in [0, 0.1) is 23.7 Å². The van der Waals surface area contributed by atoms with Crippen LogP contribution in [0.5, 0.6) is 23.0 Å². The van der Waals surface area contributed by atoms with Gasteiger partial charge in [-0.1, -0.05) is 35.8 Å². The molecule has 0 bridgehead atoms. The molecule has 2 aromatic heterocycles. The zero-order chi connectivity index (χ0) is 58.8. The van der Waals surface area contributed by atoms with Gasteiger partial charge in [0.05, 0.1) is 67.5 Å². The molecule has 422 valence electrons. The highest BCUT2D eigenvalue weighted by atomic mass is 32.1. The Morgan fingerprint density at radius 2 is 0.864 bits per heavy atom. The molecule has 0 saturated heterocycles. The number of hydrogen-bond donors (Lipinski definition) is 5. The van der Waals surface area contributed by atoms with Gasteiger partial charge in [0.1, 0.15) is 23.0 Å². The monoisotopic (exact) mass is 1130 g/mol. The number of carbonyl (C=O) groups is 7. The highest BCUT2D eigenvalue weighted by Gasteiger charge is 2.19. The van der Waals surface area contributed by atoms with Gasteiger partial charge in [-0.05, 0) is 91.9 Å². The maximum absolute atomic E-state index is 12.5. The molecule has 5 N–H and O–H groups in total. The van der Waals surface area contributed by atoms with Crippen molar-refractivity contribution in [3.63, 3.8) is 0 Å². The number of ether oxygens (including phenoxy) is 6. The number of carboxylic acid groups (broad SMARTS) is 5. The molecule has 0 fully saturated rings. The molecule has 2 heterocycles. The van der Waals surface area contributed by atoms with Crippen LogP contribution < -0.4 is 18.9 Å². The van der Waals surface area contributed by atoms with Crippen molar-refractivity contribution < 1.29 is 87.5 Å². The molecule has 24 nitrogen and oxygen atoms in total. The summed E-state index contributed by atoms with van der Waals surface area (Å²) in [5.74, 6) is 4.90. The molecule has 0 spiro atoms. The van der Waals surface area contributed by atoms with Crippen LogP contribution in [0.25, 0.3) is 0 Å². The lowest BCUT2D eigenvalue weighted by atomic mass is 10.1. The summed E-state index contributed by atoms with van der Waals surface area (Å²) in [6.45, 7) is -3.23. The fraction of sp³-hybridized carbons (Fsp3) is 0.286. The highest BCUT2D eigenvalue weighted by molar-refractivity contribution is 7.78. The maximum atomic E-state index is 12.5. The Bertz CT molecular complexity index is 3220. The Morgan fingerprint density at radius 3 is 1.23 bits per heavy atom. The number of carboxylic acids is 5. The van der Waals surface area contributed by atoms with Gasteiger partial charge in [0, 0.05) is 67.1 Å². The lowest BCUT2D eigenvalue weighted by Crippen LogP contribution is -2.35. The Labute approximate surface area is 469 Å². The van der Waals surface area contributed by atoms with E-state index in [1.54, 1.807) is 48.3 Å². The first-order chi connectivity index (χ1) is 38.7. The maximum Gasteiger partial charge on any atom is 0.341 e. The van der Waals surface area contributed by atoms with Gasteiger partial charge in [0.15, 0.2) is 26.4 Å². The number of carbonyl (C=O) groups excluding carboxylic acids is 2. The van der Waals surface area contributed by atoms with Crippen molar-refractivity contribution in [3.8, 4) is 46.7 Å². The van der Waals surface area contributed by atoms with Crippen LogP contribution >= 0.6 is 12.2 Å². The van der Waals surface area contributed by atoms with Gasteiger partial charge in [0.25, 0.3) is 0 Å². The van der Waals surface area contributed by atoms with Gasteiger partial charge in [-0.25, -0.2) is 19.2 Å². The van der Waals surface area contributed by atoms with Gasteiger partial charge in [-0.2, -0.15) is 4.99 Å². The first kappa shape index (κ1) is 62.1. The minimum absolute atomic E-state index is 0.0278. The quantitative estimate of drug-likeness (QED) is 0.0189. The number of aliphatic carboxylic acids is 5. The summed E-state index contributed by atoms with van der Waals surface area (Å²) in [7, 11) is 4.14. The predicted molar refractivity (Wildman–Crippen MR) is 288 cm³/mol. The minimum Gasteiger partial charge on any atom is -0.482 e. The molecule has 25 heteroatoms. The molecular formula is C56H54N6O18S. The number of methoxy groups -OCH3 is 2. The van der Waals surface area contributed by atoms with Crippen LogP contribution in [-0.4, -0.2) is 171 Å². The second-order valence-electron chi connectivity index (χ2n) is 17.5. The van der Waals surface area contributed by atoms with E-state index in [1.165, 1.54) is 55.5 Å². The summed E-state index contributed by atoms with van der Waals surface area (Å²) in [6.07, 6.45) is 0.479. The largest absolute Gasteiger partial charge is 0.482 e. The number of isothiocyanates is 1. The molecule has 0 unspecified atom stereocenters. The number of nitrogens with zero attached hydrogens (tertiary/aromatic N) is 6. The minimum atomic E-state index is -1.27. The second-order valence-corrected chi connectivity index (χ2v) is 17.7. The summed E-state index contributed by atoms with van der Waals surface area (Å²) in [5, 5.41) is 49.1. The molecule has 5 aromatic rings. The van der Waals surface area contributed by atoms with Crippen molar-refractivity contribution in [3.05, 3.63) is 136 Å². The van der Waals surface area contributed by atoms with E-state index in [4.69, 9.17) is 50.6 Å². The molecule has 0 aliphatic carbocycles. The molecule has 0 aliphatic heterocycles. The lowest BCUT2D eigenvalue weighted by molar-refractivity contribution is -0.145. The third kappa shape index (κ3) is 23.4. The van der Waals surface area contributed by atoms with Crippen molar-refractivity contribution in [2.75, 3.05) is 73.9 Å². The molecule has 0 radical (unpaired) electrons. The van der Waals surface area contributed by atoms with Crippen LogP contribution in [0.2, 0.25) is 0 Å². The Morgan fingerprint density at radius 1 is 0.494 bits per heavy atom. The molecule has 0 amide bonds. The first-order valence-corrected chi connectivity index (χ1v) is 24.5. The smallest absolute Gasteiger partial charge is 0.341 e. The number of aromatic nitrogens is 2. The van der Waals surface area contributed by atoms with Crippen molar-refractivity contribution in [1.29, 1.82) is 0 Å². The predicted octanol–water partition coefficient (Wildman–Crippen LogP) is 3.77. The Balaban J connectivity index is 1.65. The normalized spacial score (nSPS) is 10.5. The van der Waals surface area contributed by atoms with Gasteiger partial charge < -0.3 is 54.0 Å². The molecule has 3 aromatic carbocycles. The molecule has 5 rings (SSSR count). The molecule has 0 aliphatic rings. The fourth-order valence-corrected chi connectivity index (χ4v) is 7.57. The van der Waals surface area contributed by atoms with E-state index in [1.807, 2.05) is 17.0 Å². The number of benzene rings is 3. The molecule has 81 heavy (non-hydrogen) atoms. The van der Waals surface area contributed by atoms with E-state index in [9.17, 15) is 59.1 Å². The van der Waals surface area contributed by atoms with E-state index in [0.717, 1.165) is 5.56 Å². The number of aliphatic imine (C=N–C) groups is 1. The van der Waals surface area contributed by atoms with Gasteiger partial charge >= 0.3 is 41.8 Å². The Kier molecular flexibility index (Phi) is 24.2. The zero-order valence-corrected chi connectivity index (χ0v) is 44.7. The molecular weight excluding hydrogens is 1080 g/mol. The number of thiocarbonyl (C=S) groups is 1. The van der Waals surface area contributed by atoms with E-state index < -0.39 is 81.3 Å². The highest BCUT2D eigenvalue weighted by Crippen LogP contribution is 2.25. The van der Waals surface area contributed by atoms with Crippen LogP contribution in [0.15, 0.2) is 89.9 Å². The number of likely N-dealkylation sites (N-methyl/N-ethyl adjacent to an activating group) is 1. The fourth-order valence-electron chi connectivity index (χ4n) is 7.46. The van der Waals surface area contributed by atoms with Crippen molar-refractivity contribution in [1.82, 2.24) is 24.7 Å². The average Bonchev–Trinajstić information content (AvgIpc) is 3.41. The van der Waals surface area contributed by atoms with E-state index >= 15 is 0 Å². The van der Waals surface area contributed by atoms with Crippen LogP contribution in [0.3, 0.4) is 0 Å². The third-order valence-corrected chi connectivity index (χ3v) is 10.8. The molecule has 0 atom stereocenters. The van der Waals surface area contributed by atoms with Crippen molar-refractivity contribution >= 4 is 64.9 Å². The van der Waals surface area contributed by atoms with E-state index in [-0.39, 0.29) is 66.8 Å². The van der Waals surface area contributed by atoms with Gasteiger partial charge in [-0.3, -0.25) is 39.1 Å². The first-order valence-electron chi connectivity index (χ1n) is 24.1. The van der Waals surface area contributed by atoms with Gasteiger partial charge in [0.2, 0.25) is 0 Å². The summed E-state index contributed by atoms with van der Waals surface area (Å²) in [6, 6.07) is 22.5. The topological polar surface area (TPSA) is 324 Å². The number of esters is 2. The average molecular weight is 1130 g/mol. The Hall–Kier alpha value is -9.75. The second kappa shape index (κ2) is 31.6. The van der Waals surface area contributed by atoms with Crippen LogP contribution in [-0.2, 0) is 75.6 Å². The summed E-state index contributed by atoms with van der Waals surface area (Å²) in [4.78, 5) is 101.